The molecule has 0 aliphatic heterocycles. The predicted molar refractivity (Wildman–Crippen MR) is 141 cm³/mol. The number of aryl methyl sites for hydroxylation is 2. The van der Waals surface area contributed by atoms with Gasteiger partial charge in [-0.25, -0.2) is 4.68 Å². The van der Waals surface area contributed by atoms with Gasteiger partial charge in [0.25, 0.3) is 5.91 Å². The van der Waals surface area contributed by atoms with Crippen LogP contribution in [0.5, 0.6) is 0 Å². The van der Waals surface area contributed by atoms with E-state index in [2.05, 4.69) is 47.9 Å². The predicted octanol–water partition coefficient (Wildman–Crippen LogP) is 5.74. The van der Waals surface area contributed by atoms with Crippen molar-refractivity contribution in [3.8, 4) is 0 Å². The maximum Gasteiger partial charge on any atom is 0.328 e. The molecule has 0 saturated carbocycles. The highest BCUT2D eigenvalue weighted by Crippen LogP contribution is 2.24. The van der Waals surface area contributed by atoms with Crippen LogP contribution >= 0.6 is 31.9 Å². The van der Waals surface area contributed by atoms with Crippen LogP contribution in [0.25, 0.3) is 10.9 Å². The minimum absolute atomic E-state index is 0.170. The van der Waals surface area contributed by atoms with Gasteiger partial charge in [0.1, 0.15) is 5.69 Å². The van der Waals surface area contributed by atoms with Crippen LogP contribution in [0.1, 0.15) is 21.6 Å². The molecular formula is C25H20Br2N4O3. The number of aromatic nitrogens is 1. The van der Waals surface area contributed by atoms with Gasteiger partial charge in [-0.15, -0.1) is 0 Å². The van der Waals surface area contributed by atoms with E-state index in [0.717, 1.165) is 20.1 Å². The molecular weight excluding hydrogens is 564 g/mol. The van der Waals surface area contributed by atoms with Crippen LogP contribution in [0.3, 0.4) is 0 Å². The van der Waals surface area contributed by atoms with E-state index in [1.807, 2.05) is 32.0 Å². The van der Waals surface area contributed by atoms with Crippen molar-refractivity contribution in [3.05, 3.63) is 92.5 Å². The van der Waals surface area contributed by atoms with Crippen molar-refractivity contribution in [2.75, 3.05) is 16.1 Å². The second-order valence-corrected chi connectivity index (χ2v) is 9.57. The van der Waals surface area contributed by atoms with Crippen LogP contribution in [-0.4, -0.2) is 22.4 Å². The van der Waals surface area contributed by atoms with Crippen LogP contribution in [0.15, 0.2) is 75.7 Å². The molecule has 0 unspecified atom stereocenters. The summed E-state index contributed by atoms with van der Waals surface area (Å²) in [6.07, 6.45) is 0. The molecule has 4 aromatic rings. The highest BCUT2D eigenvalue weighted by molar-refractivity contribution is 9.10. The summed E-state index contributed by atoms with van der Waals surface area (Å²) >= 11 is 6.78. The highest BCUT2D eigenvalue weighted by Gasteiger charge is 2.21. The number of amides is 3. The average Bonchev–Trinajstić information content (AvgIpc) is 3.14. The molecule has 3 amide bonds. The molecule has 7 nitrogen and oxygen atoms in total. The lowest BCUT2D eigenvalue weighted by Gasteiger charge is -2.13. The first-order valence-corrected chi connectivity index (χ1v) is 11.9. The van der Waals surface area contributed by atoms with E-state index in [1.54, 1.807) is 48.5 Å². The smallest absolute Gasteiger partial charge is 0.321 e. The lowest BCUT2D eigenvalue weighted by atomic mass is 10.1. The number of carbonyl (C=O) groups is 3. The number of rotatable bonds is 4. The number of hydrogen-bond donors (Lipinski definition) is 3. The quantitative estimate of drug-likeness (QED) is 0.267. The first kappa shape index (κ1) is 23.7. The van der Waals surface area contributed by atoms with Gasteiger partial charge in [0.05, 0.1) is 5.52 Å². The van der Waals surface area contributed by atoms with Gasteiger partial charge in [-0.2, -0.15) is 0 Å². The Balaban J connectivity index is 1.62. The lowest BCUT2D eigenvalue weighted by Crippen LogP contribution is -2.36. The van der Waals surface area contributed by atoms with E-state index in [0.29, 0.717) is 22.3 Å². The summed E-state index contributed by atoms with van der Waals surface area (Å²) in [6, 6.07) is 19.6. The Morgan fingerprint density at radius 3 is 2.18 bits per heavy atom. The fourth-order valence-corrected chi connectivity index (χ4v) is 4.13. The largest absolute Gasteiger partial charge is 0.328 e. The number of anilines is 2. The molecule has 3 aromatic carbocycles. The Morgan fingerprint density at radius 2 is 1.47 bits per heavy atom. The van der Waals surface area contributed by atoms with E-state index in [9.17, 15) is 14.4 Å². The molecule has 9 heteroatoms. The summed E-state index contributed by atoms with van der Waals surface area (Å²) < 4.78 is 3.02. The molecule has 0 radical (unpaired) electrons. The zero-order valence-corrected chi connectivity index (χ0v) is 21.5. The zero-order chi connectivity index (χ0) is 24.4. The highest BCUT2D eigenvalue weighted by atomic mass is 79.9. The summed E-state index contributed by atoms with van der Waals surface area (Å²) in [6.45, 7) is 3.80. The maximum absolute atomic E-state index is 13.1. The monoisotopic (exact) mass is 582 g/mol. The van der Waals surface area contributed by atoms with Gasteiger partial charge in [0.15, 0.2) is 0 Å². The molecule has 0 fully saturated rings. The number of halogens is 2. The van der Waals surface area contributed by atoms with Crippen molar-refractivity contribution in [3.63, 3.8) is 0 Å². The molecule has 0 atom stereocenters. The molecule has 172 valence electrons. The van der Waals surface area contributed by atoms with E-state index in [1.165, 1.54) is 4.68 Å². The third-order valence-corrected chi connectivity index (χ3v) is 6.17. The summed E-state index contributed by atoms with van der Waals surface area (Å²) in [7, 11) is 0. The topological polar surface area (TPSA) is 92.2 Å². The van der Waals surface area contributed by atoms with Gasteiger partial charge in [-0.3, -0.25) is 19.8 Å². The summed E-state index contributed by atoms with van der Waals surface area (Å²) in [5.41, 5.74) is 6.32. The molecule has 0 spiro atoms. The first-order chi connectivity index (χ1) is 16.2. The van der Waals surface area contributed by atoms with Crippen molar-refractivity contribution in [1.82, 2.24) is 4.68 Å². The molecule has 0 aliphatic rings. The number of hydrogen-bond acceptors (Lipinski definition) is 3. The number of carbonyl (C=O) groups excluding carboxylic acids is 3. The Labute approximate surface area is 212 Å². The molecule has 0 bridgehead atoms. The second kappa shape index (κ2) is 9.82. The Bertz CT molecular complexity index is 1430. The average molecular weight is 584 g/mol. The van der Waals surface area contributed by atoms with Crippen molar-refractivity contribution >= 4 is 71.9 Å². The third kappa shape index (κ3) is 5.21. The van der Waals surface area contributed by atoms with Crippen molar-refractivity contribution in [2.24, 2.45) is 0 Å². The lowest BCUT2D eigenvalue weighted by molar-refractivity contribution is -0.133. The van der Waals surface area contributed by atoms with Gasteiger partial charge in [0.2, 0.25) is 0 Å². The van der Waals surface area contributed by atoms with E-state index < -0.39 is 17.7 Å². The molecule has 1 aromatic heterocycles. The van der Waals surface area contributed by atoms with Crippen LogP contribution in [0.2, 0.25) is 0 Å². The van der Waals surface area contributed by atoms with Gasteiger partial charge < -0.3 is 10.6 Å². The van der Waals surface area contributed by atoms with Gasteiger partial charge in [-0.05, 0) is 74.0 Å². The molecule has 3 N–H and O–H groups in total. The Kier molecular flexibility index (Phi) is 6.85. The molecule has 34 heavy (non-hydrogen) atoms. The third-order valence-electron chi connectivity index (χ3n) is 5.15. The molecule has 0 aliphatic carbocycles. The van der Waals surface area contributed by atoms with Crippen LogP contribution in [0, 0.1) is 13.8 Å². The number of nitrogens with one attached hydrogen (secondary N) is 3. The SMILES string of the molecule is Cc1ccc(NC(=O)C(=O)Nn2c(C(=O)Nc3ccc(Br)cc3)cc3cc(Br)ccc32)c(C)c1. The normalized spacial score (nSPS) is 10.7. The van der Waals surface area contributed by atoms with Crippen molar-refractivity contribution in [2.45, 2.75) is 13.8 Å². The van der Waals surface area contributed by atoms with E-state index in [-0.39, 0.29) is 5.69 Å². The minimum atomic E-state index is -0.905. The van der Waals surface area contributed by atoms with Crippen LogP contribution in [0.4, 0.5) is 11.4 Å². The van der Waals surface area contributed by atoms with Crippen LogP contribution in [-0.2, 0) is 9.59 Å². The fourth-order valence-electron chi connectivity index (χ4n) is 3.49. The molecule has 4 rings (SSSR count). The van der Waals surface area contributed by atoms with Crippen molar-refractivity contribution in [1.29, 1.82) is 0 Å². The molecule has 0 saturated heterocycles. The summed E-state index contributed by atoms with van der Waals surface area (Å²) in [5.74, 6) is -2.19. The van der Waals surface area contributed by atoms with Crippen molar-refractivity contribution < 1.29 is 14.4 Å². The Morgan fingerprint density at radius 1 is 0.765 bits per heavy atom. The van der Waals surface area contributed by atoms with E-state index in [4.69, 9.17) is 0 Å². The Hall–Kier alpha value is -3.43. The van der Waals surface area contributed by atoms with Crippen LogP contribution < -0.4 is 16.1 Å². The van der Waals surface area contributed by atoms with Gasteiger partial charge in [-0.1, -0.05) is 49.6 Å². The number of fused-ring (bicyclic) bond motifs is 1. The summed E-state index contributed by atoms with van der Waals surface area (Å²) in [4.78, 5) is 38.5. The minimum Gasteiger partial charge on any atom is -0.321 e. The standard InChI is InChI=1S/C25H20Br2N4O3/c1-14-3-9-20(15(2)11-14)29-24(33)25(34)30-31-21-10-6-18(27)12-16(21)13-22(31)23(32)28-19-7-4-17(26)5-8-19/h3-13H,1-2H3,(H,28,32)(H,29,33)(H,30,34). The number of benzene rings is 3. The first-order valence-electron chi connectivity index (χ1n) is 10.3. The summed E-state index contributed by atoms with van der Waals surface area (Å²) in [5, 5.41) is 6.15. The fraction of sp³-hybridized carbons (Fsp3) is 0.0800. The maximum atomic E-state index is 13.1. The second-order valence-electron chi connectivity index (χ2n) is 7.74. The van der Waals surface area contributed by atoms with Gasteiger partial charge in [0, 0.05) is 25.7 Å². The van der Waals surface area contributed by atoms with Gasteiger partial charge >= 0.3 is 11.8 Å². The zero-order valence-electron chi connectivity index (χ0n) is 18.3. The number of nitrogens with zero attached hydrogens (tertiary/aromatic N) is 1. The van der Waals surface area contributed by atoms with E-state index >= 15 is 0 Å². The molecule has 1 heterocycles.